The molecule has 0 spiro atoms. The highest BCUT2D eigenvalue weighted by Gasteiger charge is 1.97. The normalized spacial score (nSPS) is 14.9. The van der Waals surface area contributed by atoms with Gasteiger partial charge in [-0.15, -0.1) is 0 Å². The number of hydrogen-bond acceptors (Lipinski definition) is 4. The van der Waals surface area contributed by atoms with Gasteiger partial charge in [-0.05, 0) is 6.92 Å². The number of aliphatic hydroxyl groups excluding tert-OH is 1. The summed E-state index contributed by atoms with van der Waals surface area (Å²) < 4.78 is 1.51. The van der Waals surface area contributed by atoms with Crippen LogP contribution in [-0.2, 0) is 0 Å². The Morgan fingerprint density at radius 3 is 3.00 bits per heavy atom. The highest BCUT2D eigenvalue weighted by molar-refractivity contribution is 4.79. The van der Waals surface area contributed by atoms with Crippen LogP contribution in [0.25, 0.3) is 0 Å². The summed E-state index contributed by atoms with van der Waals surface area (Å²) in [4.78, 5) is 3.79. The molecular weight excluding hydrogens is 144 g/mol. The van der Waals surface area contributed by atoms with Gasteiger partial charge in [-0.1, -0.05) is 0 Å². The van der Waals surface area contributed by atoms with Gasteiger partial charge >= 0.3 is 0 Å². The molecule has 60 valence electrons. The summed E-state index contributed by atoms with van der Waals surface area (Å²) >= 11 is 0. The predicted octanol–water partition coefficient (Wildman–Crippen LogP) is -0.832. The van der Waals surface area contributed by atoms with Gasteiger partial charge in [0, 0.05) is 12.4 Å². The van der Waals surface area contributed by atoms with Gasteiger partial charge in [0.25, 0.3) is 0 Å². The third-order valence-corrected chi connectivity index (χ3v) is 1.30. The van der Waals surface area contributed by atoms with Crippen molar-refractivity contribution in [2.75, 3.05) is 0 Å². The molecule has 0 amide bonds. The van der Waals surface area contributed by atoms with E-state index in [1.807, 2.05) is 0 Å². The maximum absolute atomic E-state index is 9.16. The molecule has 0 aromatic carbocycles. The van der Waals surface area contributed by atoms with Crippen LogP contribution in [-0.4, -0.2) is 14.7 Å². The summed E-state index contributed by atoms with van der Waals surface area (Å²) in [6, 6.07) is 0. The molecule has 1 atom stereocenters. The first-order valence-electron chi connectivity index (χ1n) is 3.20. The van der Waals surface area contributed by atoms with Crippen molar-refractivity contribution in [2.45, 2.75) is 13.2 Å². The van der Waals surface area contributed by atoms with E-state index in [2.05, 4.69) is 10.1 Å². The number of aliphatic hydroxyl groups is 1. The molecule has 1 aromatic rings. The van der Waals surface area contributed by atoms with Crippen LogP contribution < -0.4 is 11.3 Å². The van der Waals surface area contributed by atoms with Crippen LogP contribution in [0.2, 0.25) is 0 Å². The maximum atomic E-state index is 9.16. The maximum Gasteiger partial charge on any atom is 0.172 e. The summed E-state index contributed by atoms with van der Waals surface area (Å²) in [7, 11) is 0. The van der Waals surface area contributed by atoms with Crippen LogP contribution in [0.1, 0.15) is 13.2 Å². The lowest BCUT2D eigenvalue weighted by Gasteiger charge is -2.07. The summed E-state index contributed by atoms with van der Waals surface area (Å²) in [6.45, 7) is 1.62. The fourth-order valence-corrected chi connectivity index (χ4v) is 0.779. The highest BCUT2D eigenvalue weighted by atomic mass is 16.3. The minimum absolute atomic E-state index is 0.447. The van der Waals surface area contributed by atoms with Gasteiger partial charge in [-0.3, -0.25) is 4.98 Å². The Morgan fingerprint density at radius 2 is 2.55 bits per heavy atom. The zero-order valence-corrected chi connectivity index (χ0v) is 6.18. The van der Waals surface area contributed by atoms with Crippen LogP contribution in [0.15, 0.2) is 23.7 Å². The zero-order valence-electron chi connectivity index (χ0n) is 6.18. The molecule has 0 saturated carbocycles. The van der Waals surface area contributed by atoms with E-state index in [0.29, 0.717) is 5.49 Å². The van der Waals surface area contributed by atoms with Crippen molar-refractivity contribution in [3.63, 3.8) is 0 Å². The van der Waals surface area contributed by atoms with Crippen molar-refractivity contribution >= 4 is 0 Å². The lowest BCUT2D eigenvalue weighted by atomic mass is 10.6. The van der Waals surface area contributed by atoms with E-state index in [1.165, 1.54) is 10.8 Å². The topological polar surface area (TPSA) is 76.4 Å². The molecule has 1 unspecified atom stereocenters. The number of aromatic nitrogens is 2. The van der Waals surface area contributed by atoms with Crippen molar-refractivity contribution < 1.29 is 5.11 Å². The molecule has 0 aliphatic heterocycles. The van der Waals surface area contributed by atoms with Crippen LogP contribution in [0.4, 0.5) is 0 Å². The van der Waals surface area contributed by atoms with E-state index in [9.17, 15) is 0 Å². The number of nitrogens with zero attached hydrogens (tertiary/aromatic N) is 3. The molecule has 0 radical (unpaired) electrons. The summed E-state index contributed by atoms with van der Waals surface area (Å²) in [5.41, 5.74) is 0.447. The molecule has 1 rings (SSSR count). The minimum Gasteiger partial charge on any atom is -0.374 e. The van der Waals surface area contributed by atoms with Gasteiger partial charge in [-0.2, -0.15) is 5.10 Å². The molecule has 1 aromatic heterocycles. The first-order valence-corrected chi connectivity index (χ1v) is 3.20. The number of rotatable bonds is 1. The molecule has 0 bridgehead atoms. The largest absolute Gasteiger partial charge is 0.374 e. The first-order chi connectivity index (χ1) is 5.25. The molecule has 5 heteroatoms. The standard InChI is InChI=1S/C6H10N4O/c1-5(11)10-3-2-8-4-6(10)9-7/h2-5,11H,7H2,1H3/b9-6-. The monoisotopic (exact) mass is 154 g/mol. The first kappa shape index (κ1) is 7.74. The van der Waals surface area contributed by atoms with E-state index in [-0.39, 0.29) is 0 Å². The molecule has 5 nitrogen and oxygen atoms in total. The third-order valence-electron chi connectivity index (χ3n) is 1.30. The van der Waals surface area contributed by atoms with E-state index in [4.69, 9.17) is 10.9 Å². The van der Waals surface area contributed by atoms with Gasteiger partial charge in [0.05, 0.1) is 6.20 Å². The second kappa shape index (κ2) is 3.16. The van der Waals surface area contributed by atoms with E-state index < -0.39 is 6.23 Å². The lowest BCUT2D eigenvalue weighted by molar-refractivity contribution is 0.119. The predicted molar refractivity (Wildman–Crippen MR) is 38.9 cm³/mol. The number of hydrogen-bond donors (Lipinski definition) is 2. The molecule has 0 aliphatic rings. The third kappa shape index (κ3) is 1.56. The Kier molecular flexibility index (Phi) is 2.22. The van der Waals surface area contributed by atoms with Crippen LogP contribution >= 0.6 is 0 Å². The van der Waals surface area contributed by atoms with Crippen LogP contribution in [0.5, 0.6) is 0 Å². The van der Waals surface area contributed by atoms with Crippen LogP contribution in [0, 0.1) is 0 Å². The Bertz CT molecular complexity index is 291. The number of nitrogens with two attached hydrogens (primary N) is 1. The smallest absolute Gasteiger partial charge is 0.172 e. The van der Waals surface area contributed by atoms with Crippen molar-refractivity contribution in [3.05, 3.63) is 24.1 Å². The quantitative estimate of drug-likeness (QED) is 0.409. The zero-order chi connectivity index (χ0) is 8.27. The van der Waals surface area contributed by atoms with Gasteiger partial charge in [-0.25, -0.2) is 0 Å². The highest BCUT2D eigenvalue weighted by Crippen LogP contribution is 1.92. The van der Waals surface area contributed by atoms with Crippen molar-refractivity contribution in [1.82, 2.24) is 9.55 Å². The minimum atomic E-state index is -0.639. The van der Waals surface area contributed by atoms with Gasteiger partial charge in [0.15, 0.2) is 5.49 Å². The average Bonchev–Trinajstić information content (AvgIpc) is 2.04. The Labute approximate surface area is 63.8 Å². The van der Waals surface area contributed by atoms with Crippen LogP contribution in [0.3, 0.4) is 0 Å². The van der Waals surface area contributed by atoms with E-state index in [0.717, 1.165) is 0 Å². The Morgan fingerprint density at radius 1 is 1.82 bits per heavy atom. The molecule has 0 saturated heterocycles. The van der Waals surface area contributed by atoms with Crippen molar-refractivity contribution in [1.29, 1.82) is 0 Å². The van der Waals surface area contributed by atoms with Gasteiger partial charge in [0.1, 0.15) is 6.23 Å². The molecule has 0 aliphatic carbocycles. The second-order valence-corrected chi connectivity index (χ2v) is 2.10. The van der Waals surface area contributed by atoms with Gasteiger partial charge in [0.2, 0.25) is 0 Å². The molecule has 3 N–H and O–H groups in total. The second-order valence-electron chi connectivity index (χ2n) is 2.10. The summed E-state index contributed by atoms with van der Waals surface area (Å²) in [6.07, 6.45) is 4.00. The SMILES string of the molecule is CC(O)n1ccnc/c1=N/N. The Balaban J connectivity index is 3.25. The fourth-order valence-electron chi connectivity index (χ4n) is 0.779. The summed E-state index contributed by atoms with van der Waals surface area (Å²) in [5.74, 6) is 5.04. The van der Waals surface area contributed by atoms with E-state index in [1.54, 1.807) is 19.3 Å². The van der Waals surface area contributed by atoms with E-state index >= 15 is 0 Å². The average molecular weight is 154 g/mol. The lowest BCUT2D eigenvalue weighted by Crippen LogP contribution is -2.24. The van der Waals surface area contributed by atoms with Gasteiger partial charge < -0.3 is 15.5 Å². The fraction of sp³-hybridized carbons (Fsp3) is 0.333. The Hall–Kier alpha value is -1.36. The molecule has 11 heavy (non-hydrogen) atoms. The molecule has 1 heterocycles. The van der Waals surface area contributed by atoms with Crippen molar-refractivity contribution in [3.8, 4) is 0 Å². The molecule has 0 fully saturated rings. The van der Waals surface area contributed by atoms with Crippen molar-refractivity contribution in [2.24, 2.45) is 10.9 Å². The molecular formula is C6H10N4O. The summed E-state index contributed by atoms with van der Waals surface area (Å²) in [5, 5.41) is 12.6.